The maximum atomic E-state index is 13.5. The number of amides is 1. The average Bonchev–Trinajstić information content (AvgIpc) is 3.34. The molecular weight excluding hydrogens is 414 g/mol. The first-order chi connectivity index (χ1) is 15.1. The fraction of sp³-hybridized carbons (Fsp3) is 0.333. The van der Waals surface area contributed by atoms with Crippen molar-refractivity contribution in [3.8, 4) is 17.8 Å². The average molecular weight is 436 g/mol. The molecule has 10 heteroatoms. The van der Waals surface area contributed by atoms with Crippen LogP contribution in [-0.2, 0) is 0 Å². The van der Waals surface area contributed by atoms with Crippen molar-refractivity contribution < 1.29 is 9.53 Å². The highest BCUT2D eigenvalue weighted by Gasteiger charge is 2.32. The first-order valence-corrected chi connectivity index (χ1v) is 10.7. The molecule has 0 bridgehead atoms. The normalized spacial score (nSPS) is 18.4. The van der Waals surface area contributed by atoms with Crippen LogP contribution in [0.1, 0.15) is 35.7 Å². The molecule has 2 atom stereocenters. The summed E-state index contributed by atoms with van der Waals surface area (Å²) in [4.78, 5) is 25.5. The molecule has 0 aliphatic carbocycles. The molecule has 1 fully saturated rings. The van der Waals surface area contributed by atoms with Gasteiger partial charge in [0, 0.05) is 30.1 Å². The first-order valence-electron chi connectivity index (χ1n) is 9.84. The Morgan fingerprint density at radius 3 is 2.77 bits per heavy atom. The number of carbonyl (C=O) groups excluding carboxylic acids is 1. The van der Waals surface area contributed by atoms with Crippen molar-refractivity contribution in [2.45, 2.75) is 36.1 Å². The second kappa shape index (κ2) is 9.14. The number of piperidine rings is 1. The zero-order valence-electron chi connectivity index (χ0n) is 17.2. The monoisotopic (exact) mass is 435 g/mol. The minimum Gasteiger partial charge on any atom is -0.481 e. The van der Waals surface area contributed by atoms with E-state index in [-0.39, 0.29) is 17.2 Å². The maximum absolute atomic E-state index is 13.5. The molecule has 4 heterocycles. The number of nitriles is 1. The molecule has 0 radical (unpaired) electrons. The summed E-state index contributed by atoms with van der Waals surface area (Å²) in [6.07, 6.45) is 6.55. The Balaban J connectivity index is 1.58. The predicted molar refractivity (Wildman–Crippen MR) is 114 cm³/mol. The molecule has 0 unspecified atom stereocenters. The van der Waals surface area contributed by atoms with E-state index in [1.54, 1.807) is 42.2 Å². The third kappa shape index (κ3) is 4.51. The van der Waals surface area contributed by atoms with Gasteiger partial charge in [-0.25, -0.2) is 4.98 Å². The maximum Gasteiger partial charge on any atom is 0.258 e. The topological polar surface area (TPSA) is 110 Å². The lowest BCUT2D eigenvalue weighted by molar-refractivity contribution is 0.0641. The van der Waals surface area contributed by atoms with Crippen LogP contribution in [0.5, 0.6) is 5.88 Å². The molecule has 3 aromatic heterocycles. The van der Waals surface area contributed by atoms with Gasteiger partial charge in [-0.1, -0.05) is 0 Å². The van der Waals surface area contributed by atoms with Crippen LogP contribution in [0.2, 0.25) is 0 Å². The van der Waals surface area contributed by atoms with Gasteiger partial charge in [-0.2, -0.15) is 20.4 Å². The number of carbonyl (C=O) groups is 1. The van der Waals surface area contributed by atoms with Gasteiger partial charge in [0.2, 0.25) is 5.88 Å². The molecule has 1 saturated heterocycles. The Kier molecular flexibility index (Phi) is 6.13. The van der Waals surface area contributed by atoms with Gasteiger partial charge in [-0.3, -0.25) is 4.79 Å². The second-order valence-electron chi connectivity index (χ2n) is 7.16. The van der Waals surface area contributed by atoms with Gasteiger partial charge in [-0.05, 0) is 38.0 Å². The number of rotatable bonds is 5. The molecule has 0 N–H and O–H groups in total. The van der Waals surface area contributed by atoms with Crippen molar-refractivity contribution in [1.82, 2.24) is 29.9 Å². The second-order valence-corrected chi connectivity index (χ2v) is 8.48. The zero-order valence-corrected chi connectivity index (χ0v) is 18.0. The Morgan fingerprint density at radius 1 is 1.23 bits per heavy atom. The smallest absolute Gasteiger partial charge is 0.258 e. The van der Waals surface area contributed by atoms with Crippen molar-refractivity contribution in [3.05, 3.63) is 54.0 Å². The van der Waals surface area contributed by atoms with E-state index in [2.05, 4.69) is 33.2 Å². The summed E-state index contributed by atoms with van der Waals surface area (Å²) in [7, 11) is 1.52. The Morgan fingerprint density at radius 2 is 2.03 bits per heavy atom. The van der Waals surface area contributed by atoms with Gasteiger partial charge < -0.3 is 9.64 Å². The van der Waals surface area contributed by atoms with Gasteiger partial charge in [0.05, 0.1) is 41.7 Å². The molecule has 3 aromatic rings. The van der Waals surface area contributed by atoms with E-state index in [4.69, 9.17) is 10.00 Å². The lowest BCUT2D eigenvalue weighted by atomic mass is 10.0. The molecule has 4 rings (SSSR count). The molecule has 158 valence electrons. The van der Waals surface area contributed by atoms with Crippen LogP contribution >= 0.6 is 11.8 Å². The predicted octanol–water partition coefficient (Wildman–Crippen LogP) is 2.72. The number of hydrogen-bond acceptors (Lipinski definition) is 8. The van der Waals surface area contributed by atoms with Crippen molar-refractivity contribution in [2.75, 3.05) is 13.7 Å². The SMILES string of the molecule is COc1ccc(C(=O)N2C[C@H](Sc3cc(C#N)ccn3)CC[C@H]2C)c(-n2nccn2)n1. The molecular formula is C21H21N7O2S. The van der Waals surface area contributed by atoms with Gasteiger partial charge in [0.1, 0.15) is 0 Å². The fourth-order valence-corrected chi connectivity index (χ4v) is 4.66. The molecule has 1 amide bonds. The molecule has 1 aliphatic rings. The number of likely N-dealkylation sites (tertiary alicyclic amines) is 1. The number of ether oxygens (including phenoxy) is 1. The van der Waals surface area contributed by atoms with E-state index < -0.39 is 0 Å². The summed E-state index contributed by atoms with van der Waals surface area (Å²) in [6.45, 7) is 2.62. The zero-order chi connectivity index (χ0) is 21.8. The summed E-state index contributed by atoms with van der Waals surface area (Å²) in [5.41, 5.74) is 0.995. The van der Waals surface area contributed by atoms with Gasteiger partial charge >= 0.3 is 0 Å². The Labute approximate surface area is 184 Å². The number of aromatic nitrogens is 5. The summed E-state index contributed by atoms with van der Waals surface area (Å²) < 4.78 is 5.22. The van der Waals surface area contributed by atoms with Crippen molar-refractivity contribution in [2.24, 2.45) is 0 Å². The van der Waals surface area contributed by atoms with Crippen molar-refractivity contribution >= 4 is 17.7 Å². The van der Waals surface area contributed by atoms with Gasteiger partial charge in [0.25, 0.3) is 5.91 Å². The molecule has 0 aromatic carbocycles. The standard InChI is InChI=1S/C21H21N7O2S/c1-14-3-4-16(31-19-11-15(12-22)7-8-23-19)13-27(14)21(29)17-5-6-18(30-2)26-20(17)28-24-9-10-25-28/h5-11,14,16H,3-4,13H2,1-2H3/t14-,16-/m1/s1. The first kappa shape index (κ1) is 20.8. The molecule has 1 aliphatic heterocycles. The highest BCUT2D eigenvalue weighted by Crippen LogP contribution is 2.32. The van der Waals surface area contributed by atoms with Gasteiger partial charge in [-0.15, -0.1) is 16.6 Å². The van der Waals surface area contributed by atoms with Crippen LogP contribution in [0.3, 0.4) is 0 Å². The Hall–Kier alpha value is -3.45. The van der Waals surface area contributed by atoms with E-state index in [0.29, 0.717) is 29.4 Å². The molecule has 0 saturated carbocycles. The third-order valence-electron chi connectivity index (χ3n) is 5.15. The minimum atomic E-state index is -0.126. The van der Waals surface area contributed by atoms with E-state index in [9.17, 15) is 4.79 Å². The van der Waals surface area contributed by atoms with Crippen molar-refractivity contribution in [3.63, 3.8) is 0 Å². The number of thioether (sulfide) groups is 1. The van der Waals surface area contributed by atoms with E-state index in [0.717, 1.165) is 17.9 Å². The summed E-state index contributed by atoms with van der Waals surface area (Å²) in [5.74, 6) is 0.589. The fourth-order valence-electron chi connectivity index (χ4n) is 3.51. The number of pyridine rings is 2. The lowest BCUT2D eigenvalue weighted by Gasteiger charge is -2.37. The summed E-state index contributed by atoms with van der Waals surface area (Å²) in [5, 5.41) is 18.4. The van der Waals surface area contributed by atoms with E-state index >= 15 is 0 Å². The van der Waals surface area contributed by atoms with Crippen LogP contribution < -0.4 is 4.74 Å². The summed E-state index contributed by atoms with van der Waals surface area (Å²) >= 11 is 1.60. The summed E-state index contributed by atoms with van der Waals surface area (Å²) in [6, 6.07) is 9.06. The van der Waals surface area contributed by atoms with Gasteiger partial charge in [0.15, 0.2) is 5.82 Å². The molecule has 31 heavy (non-hydrogen) atoms. The van der Waals surface area contributed by atoms with E-state index in [1.807, 2.05) is 4.90 Å². The molecule has 9 nitrogen and oxygen atoms in total. The Bertz CT molecular complexity index is 1110. The highest BCUT2D eigenvalue weighted by atomic mass is 32.2. The number of methoxy groups -OCH3 is 1. The quantitative estimate of drug-likeness (QED) is 0.602. The van der Waals surface area contributed by atoms with Crippen LogP contribution in [0.15, 0.2) is 47.9 Å². The number of hydrogen-bond donors (Lipinski definition) is 0. The largest absolute Gasteiger partial charge is 0.481 e. The van der Waals surface area contributed by atoms with Crippen LogP contribution in [0.25, 0.3) is 5.82 Å². The minimum absolute atomic E-state index is 0.0864. The lowest BCUT2D eigenvalue weighted by Crippen LogP contribution is -2.47. The highest BCUT2D eigenvalue weighted by molar-refractivity contribution is 7.99. The van der Waals surface area contributed by atoms with Crippen LogP contribution in [0, 0.1) is 11.3 Å². The van der Waals surface area contributed by atoms with E-state index in [1.165, 1.54) is 24.3 Å². The van der Waals surface area contributed by atoms with Crippen molar-refractivity contribution in [1.29, 1.82) is 5.26 Å². The van der Waals surface area contributed by atoms with Crippen LogP contribution in [-0.4, -0.2) is 60.7 Å². The third-order valence-corrected chi connectivity index (χ3v) is 6.33. The molecule has 0 spiro atoms. The number of nitrogens with zero attached hydrogens (tertiary/aromatic N) is 7. The van der Waals surface area contributed by atoms with Crippen LogP contribution in [0.4, 0.5) is 0 Å².